The van der Waals surface area contributed by atoms with E-state index in [2.05, 4.69) is 20.9 Å². The molecule has 0 saturated carbocycles. The third-order valence-corrected chi connectivity index (χ3v) is 6.14. The number of hydrogen-bond acceptors (Lipinski definition) is 7. The van der Waals surface area contributed by atoms with E-state index >= 15 is 0 Å². The molecule has 0 unspecified atom stereocenters. The maximum Gasteiger partial charge on any atom is 0.225 e. The van der Waals surface area contributed by atoms with Crippen LogP contribution in [-0.2, 0) is 0 Å². The number of anilines is 2. The Hall–Kier alpha value is -4.07. The Labute approximate surface area is 199 Å². The molecule has 174 valence electrons. The summed E-state index contributed by atoms with van der Waals surface area (Å²) in [5, 5.41) is 4.70. The third kappa shape index (κ3) is 4.26. The smallest absolute Gasteiger partial charge is 0.225 e. The predicted octanol–water partition coefficient (Wildman–Crippen LogP) is 3.98. The minimum Gasteiger partial charge on any atom is -0.497 e. The molecule has 0 N–H and O–H groups in total. The summed E-state index contributed by atoms with van der Waals surface area (Å²) in [5.41, 5.74) is 4.88. The van der Waals surface area contributed by atoms with Crippen molar-refractivity contribution >= 4 is 11.6 Å². The lowest BCUT2D eigenvalue weighted by Gasteiger charge is -2.36. The van der Waals surface area contributed by atoms with Crippen LogP contribution < -0.4 is 19.3 Å². The fourth-order valence-electron chi connectivity index (χ4n) is 4.27. The lowest BCUT2D eigenvalue weighted by Crippen LogP contribution is -2.47. The Kier molecular flexibility index (Phi) is 6.03. The second-order valence-corrected chi connectivity index (χ2v) is 8.16. The molecule has 1 aliphatic heterocycles. The predicted molar refractivity (Wildman–Crippen MR) is 133 cm³/mol. The van der Waals surface area contributed by atoms with Gasteiger partial charge in [0.2, 0.25) is 5.95 Å². The molecular formula is C26H28N6O2. The van der Waals surface area contributed by atoms with Crippen molar-refractivity contribution in [3.8, 4) is 28.4 Å². The minimum absolute atomic E-state index is 0.744. The lowest BCUT2D eigenvalue weighted by atomic mass is 10.2. The first-order valence-electron chi connectivity index (χ1n) is 11.3. The maximum absolute atomic E-state index is 5.54. The van der Waals surface area contributed by atoms with E-state index in [0.29, 0.717) is 0 Å². The second kappa shape index (κ2) is 9.43. The van der Waals surface area contributed by atoms with Gasteiger partial charge in [-0.05, 0) is 49.4 Å². The summed E-state index contributed by atoms with van der Waals surface area (Å²) < 4.78 is 12.7. The molecular weight excluding hydrogens is 428 g/mol. The summed E-state index contributed by atoms with van der Waals surface area (Å²) in [5.74, 6) is 2.46. The zero-order valence-electron chi connectivity index (χ0n) is 19.7. The van der Waals surface area contributed by atoms with E-state index in [4.69, 9.17) is 19.6 Å². The average Bonchev–Trinajstić information content (AvgIpc) is 3.30. The van der Waals surface area contributed by atoms with Gasteiger partial charge in [-0.3, -0.25) is 0 Å². The van der Waals surface area contributed by atoms with Gasteiger partial charge in [-0.1, -0.05) is 12.1 Å². The first-order valence-corrected chi connectivity index (χ1v) is 11.3. The molecule has 8 heteroatoms. The van der Waals surface area contributed by atoms with Gasteiger partial charge in [0.15, 0.2) is 0 Å². The molecule has 0 bridgehead atoms. The van der Waals surface area contributed by atoms with Gasteiger partial charge in [0.1, 0.15) is 11.5 Å². The number of rotatable bonds is 6. The second-order valence-electron chi connectivity index (χ2n) is 8.16. The van der Waals surface area contributed by atoms with Gasteiger partial charge >= 0.3 is 0 Å². The van der Waals surface area contributed by atoms with Crippen molar-refractivity contribution in [2.75, 3.05) is 50.2 Å². The molecule has 8 nitrogen and oxygen atoms in total. The van der Waals surface area contributed by atoms with Crippen molar-refractivity contribution < 1.29 is 9.47 Å². The molecule has 0 spiro atoms. The summed E-state index contributed by atoms with van der Waals surface area (Å²) >= 11 is 0. The Morgan fingerprint density at radius 3 is 2.29 bits per heavy atom. The van der Waals surface area contributed by atoms with Gasteiger partial charge in [0, 0.05) is 44.1 Å². The SMILES string of the molecule is COc1ccc(-n2cc(-c3ccnc(N4CCN(c5ccccc5OC)CC4)n3)c(C)n2)cc1. The van der Waals surface area contributed by atoms with E-state index in [9.17, 15) is 0 Å². The normalized spacial score (nSPS) is 13.7. The molecule has 0 amide bonds. The molecule has 2 aromatic heterocycles. The Morgan fingerprint density at radius 1 is 0.824 bits per heavy atom. The summed E-state index contributed by atoms with van der Waals surface area (Å²) in [6, 6.07) is 17.9. The number of piperazine rings is 1. The molecule has 0 radical (unpaired) electrons. The van der Waals surface area contributed by atoms with Crippen molar-refractivity contribution in [2.24, 2.45) is 0 Å². The topological polar surface area (TPSA) is 68.5 Å². The minimum atomic E-state index is 0.744. The number of benzene rings is 2. The monoisotopic (exact) mass is 456 g/mol. The molecule has 5 rings (SSSR count). The summed E-state index contributed by atoms with van der Waals surface area (Å²) in [4.78, 5) is 14.0. The van der Waals surface area contributed by atoms with E-state index in [-0.39, 0.29) is 0 Å². The first-order chi connectivity index (χ1) is 16.7. The number of methoxy groups -OCH3 is 2. The van der Waals surface area contributed by atoms with Gasteiger partial charge in [-0.25, -0.2) is 14.6 Å². The third-order valence-electron chi connectivity index (χ3n) is 6.14. The van der Waals surface area contributed by atoms with Crippen molar-refractivity contribution in [3.05, 3.63) is 72.7 Å². The van der Waals surface area contributed by atoms with Crippen molar-refractivity contribution in [1.29, 1.82) is 0 Å². The van der Waals surface area contributed by atoms with Crippen LogP contribution in [-0.4, -0.2) is 60.1 Å². The Morgan fingerprint density at radius 2 is 1.56 bits per heavy atom. The number of ether oxygens (including phenoxy) is 2. The van der Waals surface area contributed by atoms with Crippen LogP contribution in [0.2, 0.25) is 0 Å². The van der Waals surface area contributed by atoms with Crippen LogP contribution >= 0.6 is 0 Å². The van der Waals surface area contributed by atoms with E-state index in [1.54, 1.807) is 14.2 Å². The number of nitrogens with zero attached hydrogens (tertiary/aromatic N) is 6. The van der Waals surface area contributed by atoms with E-state index in [0.717, 1.165) is 72.0 Å². The number of aryl methyl sites for hydroxylation is 1. The van der Waals surface area contributed by atoms with Crippen molar-refractivity contribution in [1.82, 2.24) is 19.7 Å². The van der Waals surface area contributed by atoms with Crippen molar-refractivity contribution in [2.45, 2.75) is 6.92 Å². The molecule has 3 heterocycles. The molecule has 0 atom stereocenters. The van der Waals surface area contributed by atoms with Gasteiger partial charge in [-0.2, -0.15) is 5.10 Å². The number of hydrogen-bond donors (Lipinski definition) is 0. The zero-order chi connectivity index (χ0) is 23.5. The fourth-order valence-corrected chi connectivity index (χ4v) is 4.27. The lowest BCUT2D eigenvalue weighted by molar-refractivity contribution is 0.413. The standard InChI is InChI=1S/C26H28N6O2/c1-19-22(18-32(29-19)20-8-10-21(33-2)11-9-20)23-12-13-27-26(28-23)31-16-14-30(15-17-31)24-6-4-5-7-25(24)34-3/h4-13,18H,14-17H2,1-3H3. The van der Waals surface area contributed by atoms with Crippen molar-refractivity contribution in [3.63, 3.8) is 0 Å². The fraction of sp³-hybridized carbons (Fsp3) is 0.269. The van der Waals surface area contributed by atoms with Gasteiger partial charge < -0.3 is 19.3 Å². The molecule has 0 aliphatic carbocycles. The maximum atomic E-state index is 5.54. The van der Waals surface area contributed by atoms with Gasteiger partial charge in [0.25, 0.3) is 0 Å². The quantitative estimate of drug-likeness (QED) is 0.435. The van der Waals surface area contributed by atoms with Crippen LogP contribution in [0.5, 0.6) is 11.5 Å². The number of aromatic nitrogens is 4. The van der Waals surface area contributed by atoms with Crippen LogP contribution in [0.3, 0.4) is 0 Å². The highest BCUT2D eigenvalue weighted by atomic mass is 16.5. The molecule has 1 fully saturated rings. The van der Waals surface area contributed by atoms with E-state index in [1.165, 1.54) is 0 Å². The van der Waals surface area contributed by atoms with Gasteiger partial charge in [-0.15, -0.1) is 0 Å². The number of para-hydroxylation sites is 2. The average molecular weight is 457 g/mol. The van der Waals surface area contributed by atoms with Crippen LogP contribution in [0.1, 0.15) is 5.69 Å². The molecule has 1 aliphatic rings. The Balaban J connectivity index is 1.33. The van der Waals surface area contributed by atoms with Crippen LogP contribution in [0.4, 0.5) is 11.6 Å². The highest BCUT2D eigenvalue weighted by Gasteiger charge is 2.22. The first kappa shape index (κ1) is 21.8. The summed E-state index contributed by atoms with van der Waals surface area (Å²) in [6.45, 7) is 5.44. The van der Waals surface area contributed by atoms with Gasteiger partial charge in [0.05, 0.1) is 37.0 Å². The highest BCUT2D eigenvalue weighted by Crippen LogP contribution is 2.29. The largest absolute Gasteiger partial charge is 0.497 e. The zero-order valence-corrected chi connectivity index (χ0v) is 19.7. The molecule has 34 heavy (non-hydrogen) atoms. The molecule has 1 saturated heterocycles. The van der Waals surface area contributed by atoms with E-state index < -0.39 is 0 Å². The highest BCUT2D eigenvalue weighted by molar-refractivity contribution is 5.63. The molecule has 2 aromatic carbocycles. The molecule has 4 aromatic rings. The summed E-state index contributed by atoms with van der Waals surface area (Å²) in [6.07, 6.45) is 3.84. The summed E-state index contributed by atoms with van der Waals surface area (Å²) in [7, 11) is 3.38. The van der Waals surface area contributed by atoms with Crippen LogP contribution in [0.15, 0.2) is 67.0 Å². The van der Waals surface area contributed by atoms with Crippen LogP contribution in [0, 0.1) is 6.92 Å². The Bertz CT molecular complexity index is 1260. The van der Waals surface area contributed by atoms with Crippen LogP contribution in [0.25, 0.3) is 16.9 Å². The van der Waals surface area contributed by atoms with E-state index in [1.807, 2.05) is 72.5 Å².